The van der Waals surface area contributed by atoms with Crippen LogP contribution in [0.2, 0.25) is 0 Å². The van der Waals surface area contributed by atoms with Gasteiger partial charge in [-0.15, -0.1) is 11.3 Å². The minimum atomic E-state index is -0.158. The Morgan fingerprint density at radius 3 is 2.79 bits per heavy atom. The van der Waals surface area contributed by atoms with Crippen LogP contribution in [0, 0.1) is 0 Å². The van der Waals surface area contributed by atoms with Crippen molar-refractivity contribution in [3.8, 4) is 0 Å². The molecule has 0 atom stereocenters. The molecule has 0 fully saturated rings. The number of benzene rings is 1. The van der Waals surface area contributed by atoms with E-state index in [1.54, 1.807) is 11.0 Å². The zero-order valence-corrected chi connectivity index (χ0v) is 10.9. The summed E-state index contributed by atoms with van der Waals surface area (Å²) in [5.74, 6) is -0.253. The summed E-state index contributed by atoms with van der Waals surface area (Å²) in [4.78, 5) is 26.4. The largest absolute Gasteiger partial charge is 0.324 e. The van der Waals surface area contributed by atoms with Gasteiger partial charge >= 0.3 is 0 Å². The van der Waals surface area contributed by atoms with E-state index in [-0.39, 0.29) is 18.4 Å². The standard InChI is InChI=1S/C14H12N2O2S/c17-13-9-16(14(18)12-6-3-7-19-12)8-10-4-1-2-5-11(10)15-13/h1-7H,8-9H2,(H,15,17). The van der Waals surface area contributed by atoms with E-state index in [2.05, 4.69) is 5.32 Å². The molecule has 0 aliphatic carbocycles. The third-order valence-electron chi connectivity index (χ3n) is 3.01. The first-order valence-electron chi connectivity index (χ1n) is 5.94. The predicted octanol–water partition coefficient (Wildman–Crippen LogP) is 2.34. The van der Waals surface area contributed by atoms with Crippen molar-refractivity contribution in [3.05, 3.63) is 52.2 Å². The van der Waals surface area contributed by atoms with Gasteiger partial charge < -0.3 is 10.2 Å². The van der Waals surface area contributed by atoms with Crippen LogP contribution in [0.4, 0.5) is 5.69 Å². The molecule has 1 N–H and O–H groups in total. The molecular weight excluding hydrogens is 260 g/mol. The van der Waals surface area contributed by atoms with Gasteiger partial charge in [-0.2, -0.15) is 0 Å². The van der Waals surface area contributed by atoms with Crippen molar-refractivity contribution in [1.82, 2.24) is 4.90 Å². The Kier molecular flexibility index (Phi) is 3.05. The number of carbonyl (C=O) groups is 2. The number of thiophene rings is 1. The van der Waals surface area contributed by atoms with Crippen LogP contribution in [0.15, 0.2) is 41.8 Å². The molecule has 0 unspecified atom stereocenters. The molecule has 2 aromatic rings. The smallest absolute Gasteiger partial charge is 0.264 e. The van der Waals surface area contributed by atoms with Gasteiger partial charge in [-0.05, 0) is 23.1 Å². The molecule has 0 saturated heterocycles. The Labute approximate surface area is 114 Å². The Bertz CT molecular complexity index is 622. The van der Waals surface area contributed by atoms with Crippen molar-refractivity contribution in [2.45, 2.75) is 6.54 Å². The SMILES string of the molecule is O=C1CN(C(=O)c2cccs2)Cc2ccccc2N1. The molecule has 5 heteroatoms. The number of anilines is 1. The fraction of sp³-hybridized carbons (Fsp3) is 0.143. The van der Waals surface area contributed by atoms with Crippen LogP contribution in [0.5, 0.6) is 0 Å². The summed E-state index contributed by atoms with van der Waals surface area (Å²) in [7, 11) is 0. The zero-order valence-electron chi connectivity index (χ0n) is 10.1. The number of fused-ring (bicyclic) bond motifs is 1. The van der Waals surface area contributed by atoms with E-state index in [0.29, 0.717) is 11.4 Å². The Morgan fingerprint density at radius 2 is 2.00 bits per heavy atom. The molecule has 2 heterocycles. The van der Waals surface area contributed by atoms with Gasteiger partial charge in [-0.3, -0.25) is 9.59 Å². The van der Waals surface area contributed by atoms with Crippen LogP contribution >= 0.6 is 11.3 Å². The van der Waals surface area contributed by atoms with E-state index >= 15 is 0 Å². The van der Waals surface area contributed by atoms with Crippen LogP contribution < -0.4 is 5.32 Å². The molecular formula is C14H12N2O2S. The van der Waals surface area contributed by atoms with Gasteiger partial charge in [0.1, 0.15) is 6.54 Å². The van der Waals surface area contributed by atoms with Gasteiger partial charge in [0.05, 0.1) is 4.88 Å². The van der Waals surface area contributed by atoms with Gasteiger partial charge in [-0.25, -0.2) is 0 Å². The van der Waals surface area contributed by atoms with Crippen LogP contribution in [-0.4, -0.2) is 23.3 Å². The third kappa shape index (κ3) is 2.37. The van der Waals surface area contributed by atoms with Crippen molar-refractivity contribution in [2.24, 2.45) is 0 Å². The number of para-hydroxylation sites is 1. The average molecular weight is 272 g/mol. The molecule has 1 aromatic carbocycles. The highest BCUT2D eigenvalue weighted by molar-refractivity contribution is 7.12. The lowest BCUT2D eigenvalue weighted by molar-refractivity contribution is -0.116. The average Bonchev–Trinajstić information content (AvgIpc) is 2.87. The second-order valence-corrected chi connectivity index (χ2v) is 5.29. The number of hydrogen-bond acceptors (Lipinski definition) is 3. The van der Waals surface area contributed by atoms with E-state index < -0.39 is 0 Å². The van der Waals surface area contributed by atoms with Crippen molar-refractivity contribution in [3.63, 3.8) is 0 Å². The van der Waals surface area contributed by atoms with E-state index in [0.717, 1.165) is 11.3 Å². The molecule has 0 saturated carbocycles. The summed E-state index contributed by atoms with van der Waals surface area (Å²) >= 11 is 1.39. The maximum Gasteiger partial charge on any atom is 0.264 e. The lowest BCUT2D eigenvalue weighted by Gasteiger charge is -2.18. The highest BCUT2D eigenvalue weighted by atomic mass is 32.1. The minimum absolute atomic E-state index is 0.0887. The second-order valence-electron chi connectivity index (χ2n) is 4.34. The molecule has 0 radical (unpaired) electrons. The topological polar surface area (TPSA) is 49.4 Å². The van der Waals surface area contributed by atoms with Crippen LogP contribution in [0.3, 0.4) is 0 Å². The van der Waals surface area contributed by atoms with Crippen LogP contribution in [0.25, 0.3) is 0 Å². The van der Waals surface area contributed by atoms with Gasteiger partial charge in [0.2, 0.25) is 5.91 Å². The number of amides is 2. The molecule has 4 nitrogen and oxygen atoms in total. The molecule has 0 spiro atoms. The maximum atomic E-state index is 12.3. The van der Waals surface area contributed by atoms with E-state index in [9.17, 15) is 9.59 Å². The summed E-state index contributed by atoms with van der Waals surface area (Å²) < 4.78 is 0. The fourth-order valence-electron chi connectivity index (χ4n) is 2.10. The van der Waals surface area contributed by atoms with E-state index in [4.69, 9.17) is 0 Å². The highest BCUT2D eigenvalue weighted by Gasteiger charge is 2.24. The number of nitrogens with one attached hydrogen (secondary N) is 1. The number of nitrogens with zero attached hydrogens (tertiary/aromatic N) is 1. The lowest BCUT2D eigenvalue weighted by atomic mass is 10.1. The van der Waals surface area contributed by atoms with Crippen molar-refractivity contribution in [1.29, 1.82) is 0 Å². The minimum Gasteiger partial charge on any atom is -0.324 e. The van der Waals surface area contributed by atoms with Crippen molar-refractivity contribution < 1.29 is 9.59 Å². The number of hydrogen-bond donors (Lipinski definition) is 1. The first-order chi connectivity index (χ1) is 9.24. The normalized spacial score (nSPS) is 14.5. The summed E-state index contributed by atoms with van der Waals surface area (Å²) in [6.07, 6.45) is 0. The van der Waals surface area contributed by atoms with E-state index in [1.165, 1.54) is 11.3 Å². The zero-order chi connectivity index (χ0) is 13.2. The van der Waals surface area contributed by atoms with Gasteiger partial charge in [-0.1, -0.05) is 24.3 Å². The molecule has 3 rings (SSSR count). The predicted molar refractivity (Wildman–Crippen MR) is 74.1 cm³/mol. The van der Waals surface area contributed by atoms with E-state index in [1.807, 2.05) is 35.7 Å². The second kappa shape index (κ2) is 4.85. The van der Waals surface area contributed by atoms with Gasteiger partial charge in [0.25, 0.3) is 5.91 Å². The quantitative estimate of drug-likeness (QED) is 0.866. The Balaban J connectivity index is 1.92. The number of carbonyl (C=O) groups excluding carboxylic acids is 2. The first kappa shape index (κ1) is 11.9. The van der Waals surface area contributed by atoms with Gasteiger partial charge in [0.15, 0.2) is 0 Å². The van der Waals surface area contributed by atoms with Crippen LogP contribution in [-0.2, 0) is 11.3 Å². The number of rotatable bonds is 1. The first-order valence-corrected chi connectivity index (χ1v) is 6.82. The third-order valence-corrected chi connectivity index (χ3v) is 3.86. The van der Waals surface area contributed by atoms with Crippen LogP contribution in [0.1, 0.15) is 15.2 Å². The molecule has 1 aliphatic heterocycles. The van der Waals surface area contributed by atoms with Crippen molar-refractivity contribution in [2.75, 3.05) is 11.9 Å². The highest BCUT2D eigenvalue weighted by Crippen LogP contribution is 2.22. The summed E-state index contributed by atoms with van der Waals surface area (Å²) in [6.45, 7) is 0.539. The van der Waals surface area contributed by atoms with Gasteiger partial charge in [0, 0.05) is 12.2 Å². The fourth-order valence-corrected chi connectivity index (χ4v) is 2.80. The summed E-state index contributed by atoms with van der Waals surface area (Å²) in [5.41, 5.74) is 1.74. The lowest BCUT2D eigenvalue weighted by Crippen LogP contribution is -2.34. The summed E-state index contributed by atoms with van der Waals surface area (Å²) in [5, 5.41) is 4.68. The summed E-state index contributed by atoms with van der Waals surface area (Å²) in [6, 6.07) is 11.2. The Morgan fingerprint density at radius 1 is 1.16 bits per heavy atom. The van der Waals surface area contributed by atoms with Crippen molar-refractivity contribution >= 4 is 28.8 Å². The molecule has 96 valence electrons. The molecule has 19 heavy (non-hydrogen) atoms. The molecule has 0 bridgehead atoms. The maximum absolute atomic E-state index is 12.3. The molecule has 1 aliphatic rings. The Hall–Kier alpha value is -2.14. The monoisotopic (exact) mass is 272 g/mol. The molecule has 1 aromatic heterocycles. The molecule has 2 amide bonds.